The van der Waals surface area contributed by atoms with Crippen molar-refractivity contribution in [3.63, 3.8) is 0 Å². The predicted molar refractivity (Wildman–Crippen MR) is 90.2 cm³/mol. The van der Waals surface area contributed by atoms with Gasteiger partial charge in [0.1, 0.15) is 5.82 Å². The van der Waals surface area contributed by atoms with Gasteiger partial charge in [-0.2, -0.15) is 0 Å². The van der Waals surface area contributed by atoms with Crippen molar-refractivity contribution in [2.75, 3.05) is 11.6 Å². The first-order valence-corrected chi connectivity index (χ1v) is 8.40. The molecule has 0 unspecified atom stereocenters. The molecule has 0 spiro atoms. The minimum absolute atomic E-state index is 0.194. The highest BCUT2D eigenvalue weighted by molar-refractivity contribution is 7.98. The van der Waals surface area contributed by atoms with E-state index in [1.54, 1.807) is 18.8 Å². The maximum Gasteiger partial charge on any atom is 0.332 e. The van der Waals surface area contributed by atoms with Gasteiger partial charge in [-0.1, -0.05) is 12.1 Å². The maximum atomic E-state index is 12.6. The Balaban J connectivity index is 2.24. The zero-order valence-electron chi connectivity index (χ0n) is 13.1. The van der Waals surface area contributed by atoms with Crippen LogP contribution in [0.5, 0.6) is 0 Å². The van der Waals surface area contributed by atoms with Crippen LogP contribution in [-0.4, -0.2) is 21.3 Å². The molecule has 0 radical (unpaired) electrons. The molecule has 0 aliphatic carbocycles. The number of anilines is 1. The molecule has 1 N–H and O–H groups in total. The summed E-state index contributed by atoms with van der Waals surface area (Å²) in [6.45, 7) is 0. The molecule has 2 heterocycles. The quantitative estimate of drug-likeness (QED) is 0.842. The molecule has 2 aromatic rings. The van der Waals surface area contributed by atoms with E-state index in [-0.39, 0.29) is 23.8 Å². The standard InChI is InChI=1S/C16H17N3O3S/c1-18-14-13(15(21)19(2)16(18)22)11(8-12(20)17-14)9-4-6-10(23-3)7-5-9/h4-7,11H,8H2,1-3H3,(H,17,20)/t11-/m0/s1. The second kappa shape index (κ2) is 5.73. The Morgan fingerprint density at radius 3 is 2.35 bits per heavy atom. The normalized spacial score (nSPS) is 16.8. The maximum absolute atomic E-state index is 12.6. The Morgan fingerprint density at radius 1 is 1.09 bits per heavy atom. The third kappa shape index (κ3) is 2.50. The lowest BCUT2D eigenvalue weighted by atomic mass is 9.87. The topological polar surface area (TPSA) is 73.1 Å². The van der Waals surface area contributed by atoms with Crippen LogP contribution < -0.4 is 16.6 Å². The Kier molecular flexibility index (Phi) is 3.89. The van der Waals surface area contributed by atoms with Crippen LogP contribution in [0.1, 0.15) is 23.5 Å². The minimum Gasteiger partial charge on any atom is -0.312 e. The van der Waals surface area contributed by atoms with Crippen molar-refractivity contribution in [3.05, 3.63) is 56.2 Å². The van der Waals surface area contributed by atoms with E-state index >= 15 is 0 Å². The SMILES string of the molecule is CSc1ccc([C@@H]2CC(=O)Nc3c2c(=O)n(C)c(=O)n3C)cc1. The van der Waals surface area contributed by atoms with Gasteiger partial charge in [-0.3, -0.25) is 18.7 Å². The number of nitrogens with one attached hydrogen (secondary N) is 1. The van der Waals surface area contributed by atoms with Crippen LogP contribution >= 0.6 is 11.8 Å². The summed E-state index contributed by atoms with van der Waals surface area (Å²) < 4.78 is 2.40. The lowest BCUT2D eigenvalue weighted by molar-refractivity contribution is -0.116. The Hall–Kier alpha value is -2.28. The molecule has 7 heteroatoms. The molecular weight excluding hydrogens is 314 g/mol. The molecule has 120 valence electrons. The van der Waals surface area contributed by atoms with Gasteiger partial charge in [-0.25, -0.2) is 4.79 Å². The second-order valence-electron chi connectivity index (χ2n) is 5.55. The van der Waals surface area contributed by atoms with Gasteiger partial charge < -0.3 is 5.32 Å². The Labute approximate surface area is 137 Å². The number of fused-ring (bicyclic) bond motifs is 1. The van der Waals surface area contributed by atoms with E-state index in [0.29, 0.717) is 11.4 Å². The molecule has 1 aliphatic rings. The van der Waals surface area contributed by atoms with Gasteiger partial charge in [0.15, 0.2) is 0 Å². The first kappa shape index (κ1) is 15.6. The number of aromatic nitrogens is 2. The molecule has 1 atom stereocenters. The van der Waals surface area contributed by atoms with Crippen molar-refractivity contribution in [2.24, 2.45) is 14.1 Å². The van der Waals surface area contributed by atoms with Crippen LogP contribution in [0.25, 0.3) is 0 Å². The Morgan fingerprint density at radius 2 is 1.74 bits per heavy atom. The van der Waals surface area contributed by atoms with E-state index in [0.717, 1.165) is 15.0 Å². The molecule has 0 bridgehead atoms. The molecule has 0 saturated heterocycles. The van der Waals surface area contributed by atoms with Crippen LogP contribution in [0, 0.1) is 0 Å². The van der Waals surface area contributed by atoms with Gasteiger partial charge >= 0.3 is 5.69 Å². The monoisotopic (exact) mass is 331 g/mol. The van der Waals surface area contributed by atoms with Gasteiger partial charge in [-0.05, 0) is 24.0 Å². The fraction of sp³-hybridized carbons (Fsp3) is 0.312. The van der Waals surface area contributed by atoms with Crippen molar-refractivity contribution < 1.29 is 4.79 Å². The number of carbonyl (C=O) groups excluding carboxylic acids is 1. The third-order valence-corrected chi connectivity index (χ3v) is 4.96. The molecular formula is C16H17N3O3S. The van der Waals surface area contributed by atoms with Crippen molar-refractivity contribution in [3.8, 4) is 0 Å². The van der Waals surface area contributed by atoms with Crippen molar-refractivity contribution in [1.29, 1.82) is 0 Å². The summed E-state index contributed by atoms with van der Waals surface area (Å²) >= 11 is 1.63. The summed E-state index contributed by atoms with van der Waals surface area (Å²) in [7, 11) is 3.01. The highest BCUT2D eigenvalue weighted by Crippen LogP contribution is 2.34. The molecule has 6 nitrogen and oxygen atoms in total. The first-order chi connectivity index (χ1) is 10.9. The summed E-state index contributed by atoms with van der Waals surface area (Å²) in [6, 6.07) is 7.81. The van der Waals surface area contributed by atoms with Crippen molar-refractivity contribution in [2.45, 2.75) is 17.2 Å². The number of rotatable bonds is 2. The van der Waals surface area contributed by atoms with E-state index in [9.17, 15) is 14.4 Å². The second-order valence-corrected chi connectivity index (χ2v) is 6.43. The highest BCUT2D eigenvalue weighted by atomic mass is 32.2. The molecule has 1 amide bonds. The molecule has 0 saturated carbocycles. The zero-order valence-corrected chi connectivity index (χ0v) is 13.9. The predicted octanol–water partition coefficient (Wildman–Crippen LogP) is 1.28. The smallest absolute Gasteiger partial charge is 0.312 e. The summed E-state index contributed by atoms with van der Waals surface area (Å²) in [5.74, 6) is -0.242. The van der Waals surface area contributed by atoms with E-state index in [4.69, 9.17) is 0 Å². The first-order valence-electron chi connectivity index (χ1n) is 7.17. The van der Waals surface area contributed by atoms with Gasteiger partial charge in [-0.15, -0.1) is 11.8 Å². The van der Waals surface area contributed by atoms with Crippen LogP contribution in [0.15, 0.2) is 38.8 Å². The summed E-state index contributed by atoms with van der Waals surface area (Å²) in [4.78, 5) is 37.8. The van der Waals surface area contributed by atoms with E-state index in [2.05, 4.69) is 5.32 Å². The third-order valence-electron chi connectivity index (χ3n) is 4.21. The van der Waals surface area contributed by atoms with Crippen LogP contribution in [-0.2, 0) is 18.9 Å². The number of thioether (sulfide) groups is 1. The fourth-order valence-electron chi connectivity index (χ4n) is 2.93. The number of hydrogen-bond acceptors (Lipinski definition) is 4. The highest BCUT2D eigenvalue weighted by Gasteiger charge is 2.32. The molecule has 1 aromatic carbocycles. The molecule has 1 aromatic heterocycles. The van der Waals surface area contributed by atoms with Crippen molar-refractivity contribution in [1.82, 2.24) is 9.13 Å². The molecule has 3 rings (SSSR count). The van der Waals surface area contributed by atoms with E-state index in [1.807, 2.05) is 30.5 Å². The zero-order chi connectivity index (χ0) is 16.7. The van der Waals surface area contributed by atoms with Gasteiger partial charge in [0, 0.05) is 31.3 Å². The van der Waals surface area contributed by atoms with E-state index < -0.39 is 5.69 Å². The van der Waals surface area contributed by atoms with Crippen LogP contribution in [0.2, 0.25) is 0 Å². The van der Waals surface area contributed by atoms with Crippen LogP contribution in [0.3, 0.4) is 0 Å². The van der Waals surface area contributed by atoms with E-state index in [1.165, 1.54) is 11.6 Å². The molecule has 1 aliphatic heterocycles. The number of carbonyl (C=O) groups is 1. The fourth-order valence-corrected chi connectivity index (χ4v) is 3.33. The number of nitrogens with zero attached hydrogens (tertiary/aromatic N) is 2. The van der Waals surface area contributed by atoms with Gasteiger partial charge in [0.2, 0.25) is 5.91 Å². The lowest BCUT2D eigenvalue weighted by Gasteiger charge is -2.27. The van der Waals surface area contributed by atoms with Gasteiger partial charge in [0.05, 0.1) is 5.56 Å². The van der Waals surface area contributed by atoms with Crippen LogP contribution in [0.4, 0.5) is 5.82 Å². The number of amides is 1. The number of hydrogen-bond donors (Lipinski definition) is 1. The summed E-state index contributed by atoms with van der Waals surface area (Å²) in [5.41, 5.74) is 0.551. The lowest BCUT2D eigenvalue weighted by Crippen LogP contribution is -2.44. The summed E-state index contributed by atoms with van der Waals surface area (Å²) in [6.07, 6.45) is 2.18. The minimum atomic E-state index is -0.451. The molecule has 0 fully saturated rings. The summed E-state index contributed by atoms with van der Waals surface area (Å²) in [5, 5.41) is 2.67. The van der Waals surface area contributed by atoms with Crippen molar-refractivity contribution >= 4 is 23.5 Å². The molecule has 23 heavy (non-hydrogen) atoms. The largest absolute Gasteiger partial charge is 0.332 e. The average Bonchev–Trinajstić information content (AvgIpc) is 2.57. The van der Waals surface area contributed by atoms with Gasteiger partial charge in [0.25, 0.3) is 5.56 Å². The number of benzene rings is 1. The average molecular weight is 331 g/mol. The Bertz CT molecular complexity index is 897.